The molecule has 2 rings (SSSR count). The Kier molecular flexibility index (Phi) is 5.07. The summed E-state index contributed by atoms with van der Waals surface area (Å²) in [5, 5.41) is 0. The molecule has 0 saturated carbocycles. The summed E-state index contributed by atoms with van der Waals surface area (Å²) in [5.41, 5.74) is 0.432. The number of hydrogen-bond donors (Lipinski definition) is 0. The third kappa shape index (κ3) is 3.58. The Morgan fingerprint density at radius 3 is 2.59 bits per heavy atom. The van der Waals surface area contributed by atoms with E-state index in [4.69, 9.17) is 4.74 Å². The number of rotatable bonds is 2. The molecule has 0 spiro atoms. The van der Waals surface area contributed by atoms with Crippen molar-refractivity contribution < 1.29 is 31.1 Å². The zero-order chi connectivity index (χ0) is 16.3. The molecule has 0 bridgehead atoms. The largest absolute Gasteiger partial charge is 0.449 e. The van der Waals surface area contributed by atoms with E-state index in [1.165, 1.54) is 0 Å². The van der Waals surface area contributed by atoms with Gasteiger partial charge in [0.15, 0.2) is 6.10 Å². The van der Waals surface area contributed by atoms with Gasteiger partial charge in [0.05, 0.1) is 12.6 Å². The lowest BCUT2D eigenvalue weighted by Crippen LogP contribution is -2.48. The minimum absolute atomic E-state index is 0.0107. The second-order valence-electron chi connectivity index (χ2n) is 4.53. The van der Waals surface area contributed by atoms with E-state index in [0.29, 0.717) is 9.87 Å². The van der Waals surface area contributed by atoms with E-state index in [1.807, 2.05) is 0 Å². The topological polar surface area (TPSA) is 55.8 Å². The molecule has 122 valence electrons. The zero-order valence-corrected chi connectivity index (χ0v) is 12.4. The SMILES string of the molecule is CCOC(=O)N1[C@@H](c2ccccc2)C[C@@H](C(F)(F)F)OS1=O. The number of carbonyl (C=O) groups excluding carboxylic acids is 1. The monoisotopic (exact) mass is 337 g/mol. The van der Waals surface area contributed by atoms with Crippen LogP contribution in [-0.2, 0) is 20.2 Å². The van der Waals surface area contributed by atoms with Crippen LogP contribution in [0.25, 0.3) is 0 Å². The number of alkyl halides is 3. The maximum atomic E-state index is 12.9. The minimum Gasteiger partial charge on any atom is -0.449 e. The Labute approximate surface area is 127 Å². The van der Waals surface area contributed by atoms with Gasteiger partial charge in [0.1, 0.15) is 0 Å². The molecule has 9 heteroatoms. The van der Waals surface area contributed by atoms with Crippen LogP contribution in [0.15, 0.2) is 30.3 Å². The highest BCUT2D eigenvalue weighted by Gasteiger charge is 2.50. The normalized spacial score (nSPS) is 25.8. The first-order valence-corrected chi connectivity index (χ1v) is 7.54. The number of halogens is 3. The van der Waals surface area contributed by atoms with Crippen LogP contribution in [0.3, 0.4) is 0 Å². The van der Waals surface area contributed by atoms with Crippen LogP contribution in [0.2, 0.25) is 0 Å². The quantitative estimate of drug-likeness (QED) is 0.832. The average molecular weight is 337 g/mol. The molecule has 0 aliphatic carbocycles. The van der Waals surface area contributed by atoms with Crippen LogP contribution in [0.5, 0.6) is 0 Å². The number of carbonyl (C=O) groups is 1. The molecule has 1 amide bonds. The van der Waals surface area contributed by atoms with Crippen molar-refractivity contribution in [1.82, 2.24) is 4.31 Å². The van der Waals surface area contributed by atoms with E-state index >= 15 is 0 Å². The maximum Gasteiger partial charge on any atom is 0.424 e. The van der Waals surface area contributed by atoms with Gasteiger partial charge in [-0.3, -0.25) is 4.18 Å². The van der Waals surface area contributed by atoms with Crippen molar-refractivity contribution in [2.45, 2.75) is 31.7 Å². The molecule has 1 aliphatic heterocycles. The number of hydrogen-bond acceptors (Lipinski definition) is 4. The molecular weight excluding hydrogens is 323 g/mol. The van der Waals surface area contributed by atoms with Gasteiger partial charge >= 0.3 is 12.3 Å². The molecule has 3 atom stereocenters. The van der Waals surface area contributed by atoms with E-state index in [9.17, 15) is 22.2 Å². The summed E-state index contributed by atoms with van der Waals surface area (Å²) in [6.07, 6.45) is -8.39. The van der Waals surface area contributed by atoms with Crippen LogP contribution in [0.4, 0.5) is 18.0 Å². The van der Waals surface area contributed by atoms with Crippen molar-refractivity contribution in [3.05, 3.63) is 35.9 Å². The second-order valence-corrected chi connectivity index (χ2v) is 5.55. The van der Waals surface area contributed by atoms with Gasteiger partial charge in [-0.05, 0) is 12.5 Å². The Balaban J connectivity index is 2.35. The molecule has 1 aromatic rings. The smallest absolute Gasteiger partial charge is 0.424 e. The first-order chi connectivity index (χ1) is 10.3. The van der Waals surface area contributed by atoms with Crippen molar-refractivity contribution in [3.63, 3.8) is 0 Å². The third-order valence-corrected chi connectivity index (χ3v) is 4.20. The Bertz CT molecular complexity index is 552. The van der Waals surface area contributed by atoms with E-state index < -0.39 is 42.1 Å². The van der Waals surface area contributed by atoms with Crippen molar-refractivity contribution in [3.8, 4) is 0 Å². The number of nitrogens with zero attached hydrogens (tertiary/aromatic N) is 1. The third-order valence-electron chi connectivity index (χ3n) is 3.08. The van der Waals surface area contributed by atoms with E-state index in [2.05, 4.69) is 4.18 Å². The molecule has 0 aromatic heterocycles. The summed E-state index contributed by atoms with van der Waals surface area (Å²) < 4.78 is 60.5. The molecule has 1 heterocycles. The van der Waals surface area contributed by atoms with Crippen LogP contribution in [0, 0.1) is 0 Å². The highest BCUT2D eigenvalue weighted by atomic mass is 32.2. The van der Waals surface area contributed by atoms with Gasteiger partial charge < -0.3 is 4.74 Å². The van der Waals surface area contributed by atoms with Gasteiger partial charge in [-0.1, -0.05) is 30.3 Å². The number of benzene rings is 1. The van der Waals surface area contributed by atoms with Crippen molar-refractivity contribution in [2.24, 2.45) is 0 Å². The summed E-state index contributed by atoms with van der Waals surface area (Å²) in [5.74, 6) is 0. The summed E-state index contributed by atoms with van der Waals surface area (Å²) in [6.45, 7) is 1.55. The van der Waals surface area contributed by atoms with Gasteiger partial charge in [0.25, 0.3) is 11.3 Å². The van der Waals surface area contributed by atoms with Crippen LogP contribution in [-0.4, -0.2) is 33.5 Å². The predicted molar refractivity (Wildman–Crippen MR) is 71.7 cm³/mol. The van der Waals surface area contributed by atoms with Crippen molar-refractivity contribution in [2.75, 3.05) is 6.61 Å². The molecule has 5 nitrogen and oxygen atoms in total. The van der Waals surface area contributed by atoms with Crippen molar-refractivity contribution in [1.29, 1.82) is 0 Å². The van der Waals surface area contributed by atoms with Gasteiger partial charge in [-0.25, -0.2) is 9.00 Å². The lowest BCUT2D eigenvalue weighted by molar-refractivity contribution is -0.202. The Morgan fingerprint density at radius 2 is 2.05 bits per heavy atom. The Hall–Kier alpha value is -1.61. The lowest BCUT2D eigenvalue weighted by Gasteiger charge is -2.37. The standard InChI is InChI=1S/C13H14F3NO4S/c1-2-20-12(18)17-10(9-6-4-3-5-7-9)8-11(13(14,15)16)21-22(17)19/h3-7,10-11H,2,8H2,1H3/t10-,11+,22?/m1/s1. The predicted octanol–water partition coefficient (Wildman–Crippen LogP) is 3.12. The molecule has 1 unspecified atom stereocenters. The molecule has 1 aromatic carbocycles. The average Bonchev–Trinajstić information content (AvgIpc) is 2.46. The van der Waals surface area contributed by atoms with Gasteiger partial charge in [0, 0.05) is 6.42 Å². The summed E-state index contributed by atoms with van der Waals surface area (Å²) >= 11 is -2.58. The highest BCUT2D eigenvalue weighted by molar-refractivity contribution is 7.78. The Morgan fingerprint density at radius 1 is 1.41 bits per heavy atom. The minimum atomic E-state index is -4.66. The molecule has 0 radical (unpaired) electrons. The molecule has 1 fully saturated rings. The summed E-state index contributed by atoms with van der Waals surface area (Å²) in [4.78, 5) is 11.9. The van der Waals surface area contributed by atoms with Crippen LogP contribution in [0.1, 0.15) is 24.9 Å². The first kappa shape index (κ1) is 16.8. The summed E-state index contributed by atoms with van der Waals surface area (Å²) in [7, 11) is 0. The first-order valence-electron chi connectivity index (χ1n) is 6.51. The fourth-order valence-corrected chi connectivity index (χ4v) is 3.17. The maximum absolute atomic E-state index is 12.9. The number of amides is 1. The number of ether oxygens (including phenoxy) is 1. The molecule has 0 N–H and O–H groups in total. The molecular formula is C13H14F3NO4S. The van der Waals surface area contributed by atoms with Crippen LogP contribution < -0.4 is 0 Å². The van der Waals surface area contributed by atoms with E-state index in [-0.39, 0.29) is 6.61 Å². The summed E-state index contributed by atoms with van der Waals surface area (Å²) in [6, 6.07) is 7.02. The van der Waals surface area contributed by atoms with Crippen LogP contribution >= 0.6 is 0 Å². The van der Waals surface area contributed by atoms with Gasteiger partial charge in [-0.2, -0.15) is 17.5 Å². The molecule has 1 saturated heterocycles. The van der Waals surface area contributed by atoms with Crippen molar-refractivity contribution >= 4 is 17.4 Å². The van der Waals surface area contributed by atoms with E-state index in [1.54, 1.807) is 37.3 Å². The van der Waals surface area contributed by atoms with E-state index in [0.717, 1.165) is 0 Å². The fourth-order valence-electron chi connectivity index (χ4n) is 2.10. The highest BCUT2D eigenvalue weighted by Crippen LogP contribution is 2.39. The zero-order valence-electron chi connectivity index (χ0n) is 11.6. The van der Waals surface area contributed by atoms with Gasteiger partial charge in [0.2, 0.25) is 0 Å². The fraction of sp³-hybridized carbons (Fsp3) is 0.462. The second kappa shape index (κ2) is 6.66. The van der Waals surface area contributed by atoms with Gasteiger partial charge in [-0.15, -0.1) is 0 Å². The molecule has 22 heavy (non-hydrogen) atoms. The molecule has 1 aliphatic rings. The lowest BCUT2D eigenvalue weighted by atomic mass is 10.0.